The van der Waals surface area contributed by atoms with Gasteiger partial charge >= 0.3 is 0 Å². The average molecular weight is 206 g/mol. The van der Waals surface area contributed by atoms with Crippen molar-refractivity contribution in [2.75, 3.05) is 0 Å². The molecule has 82 valence electrons. The molecule has 0 bridgehead atoms. The first-order valence-corrected chi connectivity index (χ1v) is 5.52. The predicted octanol–water partition coefficient (Wildman–Crippen LogP) is 3.11. The van der Waals surface area contributed by atoms with Crippen LogP contribution in [0.4, 0.5) is 0 Å². The molecule has 0 spiro atoms. The van der Waals surface area contributed by atoms with E-state index < -0.39 is 0 Å². The summed E-state index contributed by atoms with van der Waals surface area (Å²) in [5.74, 6) is 0.379. The number of aromatic hydroxyl groups is 1. The SMILES string of the molecule is CCCc1cc(C=O)cc(CCC)c1O. The lowest BCUT2D eigenvalue weighted by atomic mass is 9.99. The molecule has 1 aromatic carbocycles. The minimum absolute atomic E-state index is 0.379. The highest BCUT2D eigenvalue weighted by Gasteiger charge is 2.08. The standard InChI is InChI=1S/C13H18O2/c1-3-5-11-7-10(9-14)8-12(6-4-2)13(11)15/h7-9,15H,3-6H2,1-2H3. The van der Waals surface area contributed by atoms with Crippen molar-refractivity contribution >= 4 is 6.29 Å². The lowest BCUT2D eigenvalue weighted by Gasteiger charge is -2.09. The van der Waals surface area contributed by atoms with Crippen molar-refractivity contribution in [2.24, 2.45) is 0 Å². The van der Waals surface area contributed by atoms with Crippen LogP contribution in [0.25, 0.3) is 0 Å². The van der Waals surface area contributed by atoms with Gasteiger partial charge in [0.2, 0.25) is 0 Å². The maximum absolute atomic E-state index is 10.7. The molecule has 0 heterocycles. The minimum Gasteiger partial charge on any atom is -0.507 e. The van der Waals surface area contributed by atoms with Crippen molar-refractivity contribution in [2.45, 2.75) is 39.5 Å². The topological polar surface area (TPSA) is 37.3 Å². The van der Waals surface area contributed by atoms with E-state index in [4.69, 9.17) is 0 Å². The Morgan fingerprint density at radius 2 is 1.60 bits per heavy atom. The van der Waals surface area contributed by atoms with Gasteiger partial charge in [0.05, 0.1) is 0 Å². The maximum Gasteiger partial charge on any atom is 0.150 e. The highest BCUT2D eigenvalue weighted by Crippen LogP contribution is 2.26. The van der Waals surface area contributed by atoms with Crippen LogP contribution >= 0.6 is 0 Å². The zero-order valence-corrected chi connectivity index (χ0v) is 9.42. The quantitative estimate of drug-likeness (QED) is 0.751. The van der Waals surface area contributed by atoms with Gasteiger partial charge in [0.15, 0.2) is 0 Å². The molecule has 0 aliphatic rings. The minimum atomic E-state index is 0.379. The molecule has 0 saturated carbocycles. The van der Waals surface area contributed by atoms with E-state index in [1.54, 1.807) is 12.1 Å². The third kappa shape index (κ3) is 2.82. The molecule has 0 radical (unpaired) electrons. The maximum atomic E-state index is 10.7. The Balaban J connectivity index is 3.14. The van der Waals surface area contributed by atoms with Gasteiger partial charge in [-0.15, -0.1) is 0 Å². The van der Waals surface area contributed by atoms with E-state index in [0.717, 1.165) is 43.1 Å². The van der Waals surface area contributed by atoms with Gasteiger partial charge in [-0.3, -0.25) is 4.79 Å². The number of benzene rings is 1. The van der Waals surface area contributed by atoms with E-state index in [1.807, 2.05) is 0 Å². The average Bonchev–Trinajstić information content (AvgIpc) is 2.24. The van der Waals surface area contributed by atoms with E-state index in [0.29, 0.717) is 11.3 Å². The molecule has 2 heteroatoms. The normalized spacial score (nSPS) is 10.3. The molecule has 0 amide bonds. The van der Waals surface area contributed by atoms with Gasteiger partial charge in [0.1, 0.15) is 12.0 Å². The fraction of sp³-hybridized carbons (Fsp3) is 0.462. The van der Waals surface area contributed by atoms with Gasteiger partial charge in [0.25, 0.3) is 0 Å². The number of carbonyl (C=O) groups is 1. The van der Waals surface area contributed by atoms with Gasteiger partial charge in [-0.25, -0.2) is 0 Å². The molecule has 0 saturated heterocycles. The summed E-state index contributed by atoms with van der Waals surface area (Å²) in [6.07, 6.45) is 4.44. The number of phenolic OH excluding ortho intramolecular Hbond substituents is 1. The number of aryl methyl sites for hydroxylation is 2. The van der Waals surface area contributed by atoms with Crippen molar-refractivity contribution in [1.82, 2.24) is 0 Å². The number of hydrogen-bond acceptors (Lipinski definition) is 2. The first kappa shape index (κ1) is 11.8. The number of aldehydes is 1. The zero-order chi connectivity index (χ0) is 11.3. The summed E-state index contributed by atoms with van der Waals surface area (Å²) in [5, 5.41) is 9.96. The van der Waals surface area contributed by atoms with Crippen LogP contribution in [0.15, 0.2) is 12.1 Å². The Labute approximate surface area is 90.9 Å². The first-order chi connectivity index (χ1) is 7.22. The van der Waals surface area contributed by atoms with E-state index in [1.165, 1.54) is 0 Å². The van der Waals surface area contributed by atoms with Crippen molar-refractivity contribution in [3.05, 3.63) is 28.8 Å². The molecule has 15 heavy (non-hydrogen) atoms. The van der Waals surface area contributed by atoms with E-state index in [2.05, 4.69) is 13.8 Å². The predicted molar refractivity (Wildman–Crippen MR) is 61.5 cm³/mol. The highest BCUT2D eigenvalue weighted by molar-refractivity contribution is 5.76. The molecule has 1 N–H and O–H groups in total. The van der Waals surface area contributed by atoms with E-state index in [-0.39, 0.29) is 0 Å². The Morgan fingerprint density at radius 1 is 1.13 bits per heavy atom. The lowest BCUT2D eigenvalue weighted by Crippen LogP contribution is -1.94. The third-order valence-corrected chi connectivity index (χ3v) is 2.46. The van der Waals surface area contributed by atoms with Crippen LogP contribution in [-0.4, -0.2) is 11.4 Å². The largest absolute Gasteiger partial charge is 0.507 e. The molecule has 1 aromatic rings. The highest BCUT2D eigenvalue weighted by atomic mass is 16.3. The molecule has 0 aliphatic heterocycles. The van der Waals surface area contributed by atoms with Crippen molar-refractivity contribution < 1.29 is 9.90 Å². The summed E-state index contributed by atoms with van der Waals surface area (Å²) in [4.78, 5) is 10.7. The van der Waals surface area contributed by atoms with Crippen LogP contribution in [-0.2, 0) is 12.8 Å². The summed E-state index contributed by atoms with van der Waals surface area (Å²) >= 11 is 0. The number of rotatable bonds is 5. The van der Waals surface area contributed by atoms with Crippen LogP contribution in [0.3, 0.4) is 0 Å². The van der Waals surface area contributed by atoms with Crippen LogP contribution in [0.1, 0.15) is 48.2 Å². The van der Waals surface area contributed by atoms with Crippen molar-refractivity contribution in [1.29, 1.82) is 0 Å². The van der Waals surface area contributed by atoms with Crippen LogP contribution < -0.4 is 0 Å². The van der Waals surface area contributed by atoms with E-state index in [9.17, 15) is 9.90 Å². The molecule has 0 aliphatic carbocycles. The number of phenols is 1. The van der Waals surface area contributed by atoms with Crippen molar-refractivity contribution in [3.8, 4) is 5.75 Å². The second-order valence-corrected chi connectivity index (χ2v) is 3.81. The van der Waals surface area contributed by atoms with Crippen LogP contribution in [0.2, 0.25) is 0 Å². The Hall–Kier alpha value is -1.31. The second-order valence-electron chi connectivity index (χ2n) is 3.81. The molecule has 0 fully saturated rings. The second kappa shape index (κ2) is 5.54. The van der Waals surface area contributed by atoms with E-state index >= 15 is 0 Å². The third-order valence-electron chi connectivity index (χ3n) is 2.46. The van der Waals surface area contributed by atoms with Gasteiger partial charge < -0.3 is 5.11 Å². The molecule has 0 aromatic heterocycles. The Morgan fingerprint density at radius 3 is 1.93 bits per heavy atom. The van der Waals surface area contributed by atoms with Gasteiger partial charge in [0, 0.05) is 5.56 Å². The molecule has 2 nitrogen and oxygen atoms in total. The summed E-state index contributed by atoms with van der Waals surface area (Å²) in [7, 11) is 0. The zero-order valence-electron chi connectivity index (χ0n) is 9.42. The van der Waals surface area contributed by atoms with Crippen LogP contribution in [0, 0.1) is 0 Å². The monoisotopic (exact) mass is 206 g/mol. The van der Waals surface area contributed by atoms with Gasteiger partial charge in [-0.2, -0.15) is 0 Å². The Kier molecular flexibility index (Phi) is 4.35. The first-order valence-electron chi connectivity index (χ1n) is 5.52. The summed E-state index contributed by atoms with van der Waals surface area (Å²) in [6.45, 7) is 4.12. The van der Waals surface area contributed by atoms with Crippen molar-refractivity contribution in [3.63, 3.8) is 0 Å². The fourth-order valence-corrected chi connectivity index (χ4v) is 1.77. The molecule has 0 atom stereocenters. The lowest BCUT2D eigenvalue weighted by molar-refractivity contribution is 0.112. The summed E-state index contributed by atoms with van der Waals surface area (Å²) in [5.41, 5.74) is 2.45. The number of carbonyl (C=O) groups excluding carboxylic acids is 1. The molecule has 1 rings (SSSR count). The Bertz CT molecular complexity index is 315. The smallest absolute Gasteiger partial charge is 0.150 e. The molecular weight excluding hydrogens is 188 g/mol. The molecule has 0 unspecified atom stereocenters. The molecular formula is C13H18O2. The number of hydrogen-bond donors (Lipinski definition) is 1. The van der Waals surface area contributed by atoms with Crippen LogP contribution in [0.5, 0.6) is 5.75 Å². The van der Waals surface area contributed by atoms with Gasteiger partial charge in [-0.1, -0.05) is 26.7 Å². The summed E-state index contributed by atoms with van der Waals surface area (Å²) in [6, 6.07) is 3.57. The van der Waals surface area contributed by atoms with Gasteiger partial charge in [-0.05, 0) is 36.1 Å². The summed E-state index contributed by atoms with van der Waals surface area (Å²) < 4.78 is 0. The fourth-order valence-electron chi connectivity index (χ4n) is 1.77.